The Morgan fingerprint density at radius 1 is 0.475 bits per heavy atom. The second-order valence-electron chi connectivity index (χ2n) is 15.3. The van der Waals surface area contributed by atoms with Gasteiger partial charge in [-0.05, 0) is 46.9 Å². The predicted molar refractivity (Wildman–Crippen MR) is 226 cm³/mol. The second kappa shape index (κ2) is 24.2. The van der Waals surface area contributed by atoms with Crippen LogP contribution in [0.3, 0.4) is 0 Å². The molecule has 7 N–H and O–H groups in total. The average molecular weight is 810 g/mol. The fourth-order valence-electron chi connectivity index (χ4n) is 6.36. The van der Waals surface area contributed by atoms with Gasteiger partial charge in [-0.25, -0.2) is 9.59 Å². The number of nitrogens with one attached hydrogen (secondary N) is 5. The van der Waals surface area contributed by atoms with Crippen molar-refractivity contribution in [1.29, 1.82) is 0 Å². The maximum atomic E-state index is 13.7. The monoisotopic (exact) mass is 809 g/mol. The molecule has 0 saturated carbocycles. The zero-order chi connectivity index (χ0) is 42.6. The maximum absolute atomic E-state index is 13.7. The second-order valence-corrected chi connectivity index (χ2v) is 15.3. The summed E-state index contributed by atoms with van der Waals surface area (Å²) < 4.78 is 10.7. The third kappa shape index (κ3) is 16.2. The summed E-state index contributed by atoms with van der Waals surface area (Å²) in [6.45, 7) is 7.24. The average Bonchev–Trinajstić information content (AvgIpc) is 3.23. The van der Waals surface area contributed by atoms with Gasteiger partial charge in [-0.3, -0.25) is 9.59 Å². The van der Waals surface area contributed by atoms with Crippen LogP contribution in [0.25, 0.3) is 0 Å². The molecule has 0 spiro atoms. The fourth-order valence-corrected chi connectivity index (χ4v) is 6.36. The van der Waals surface area contributed by atoms with Crippen LogP contribution in [0.4, 0.5) is 9.59 Å². The van der Waals surface area contributed by atoms with Crippen molar-refractivity contribution in [3.8, 4) is 0 Å². The first kappa shape index (κ1) is 45.9. The Labute approximate surface area is 347 Å². The molecule has 4 rings (SSSR count). The van der Waals surface area contributed by atoms with Crippen molar-refractivity contribution in [2.75, 3.05) is 13.1 Å². The van der Waals surface area contributed by atoms with Crippen LogP contribution in [-0.4, -0.2) is 83.7 Å². The third-order valence-electron chi connectivity index (χ3n) is 9.76. The lowest BCUT2D eigenvalue weighted by atomic mass is 9.97. The summed E-state index contributed by atoms with van der Waals surface area (Å²) >= 11 is 0. The molecule has 0 unspecified atom stereocenters. The summed E-state index contributed by atoms with van der Waals surface area (Å²) in [4.78, 5) is 52.9. The van der Waals surface area contributed by atoms with E-state index in [2.05, 4.69) is 26.6 Å². The smallest absolute Gasteiger partial charge is 0.408 e. The van der Waals surface area contributed by atoms with Gasteiger partial charge in [0.1, 0.15) is 25.3 Å². The van der Waals surface area contributed by atoms with Crippen molar-refractivity contribution in [2.45, 2.75) is 90.1 Å². The number of benzene rings is 4. The van der Waals surface area contributed by atoms with Gasteiger partial charge in [-0.1, -0.05) is 149 Å². The summed E-state index contributed by atoms with van der Waals surface area (Å²) in [5, 5.41) is 37.3. The van der Waals surface area contributed by atoms with Crippen LogP contribution in [-0.2, 0) is 45.1 Å². The Morgan fingerprint density at radius 3 is 1.08 bits per heavy atom. The van der Waals surface area contributed by atoms with Crippen LogP contribution in [0.2, 0.25) is 0 Å². The normalized spacial score (nSPS) is 14.2. The molecule has 0 radical (unpaired) electrons. The summed E-state index contributed by atoms with van der Waals surface area (Å²) in [5.41, 5.74) is 3.35. The van der Waals surface area contributed by atoms with E-state index in [0.29, 0.717) is 0 Å². The molecular weight excluding hydrogens is 751 g/mol. The van der Waals surface area contributed by atoms with Crippen molar-refractivity contribution < 1.29 is 38.9 Å². The van der Waals surface area contributed by atoms with Crippen LogP contribution in [0.5, 0.6) is 0 Å². The molecule has 4 amide bonds. The molecule has 0 aliphatic rings. The highest BCUT2D eigenvalue weighted by atomic mass is 16.6. The van der Waals surface area contributed by atoms with Crippen LogP contribution in [0.15, 0.2) is 121 Å². The Morgan fingerprint density at radius 2 is 0.780 bits per heavy atom. The van der Waals surface area contributed by atoms with E-state index in [0.717, 1.165) is 22.3 Å². The van der Waals surface area contributed by atoms with E-state index in [1.165, 1.54) is 0 Å². The molecule has 13 nitrogen and oxygen atoms in total. The number of aliphatic hydroxyl groups excluding tert-OH is 2. The number of ether oxygens (including phenoxy) is 2. The zero-order valence-corrected chi connectivity index (χ0v) is 34.3. The predicted octanol–water partition coefficient (Wildman–Crippen LogP) is 4.65. The first-order valence-corrected chi connectivity index (χ1v) is 20.1. The first-order chi connectivity index (χ1) is 28.4. The van der Waals surface area contributed by atoms with Crippen molar-refractivity contribution in [3.63, 3.8) is 0 Å². The van der Waals surface area contributed by atoms with Crippen LogP contribution < -0.4 is 26.6 Å². The molecule has 0 aromatic heterocycles. The zero-order valence-electron chi connectivity index (χ0n) is 34.3. The Balaban J connectivity index is 1.39. The molecule has 13 heteroatoms. The van der Waals surface area contributed by atoms with E-state index >= 15 is 0 Å². The number of hydrogen-bond donors (Lipinski definition) is 7. The summed E-state index contributed by atoms with van der Waals surface area (Å²) in [6, 6.07) is 33.7. The van der Waals surface area contributed by atoms with Gasteiger partial charge in [0, 0.05) is 13.1 Å². The van der Waals surface area contributed by atoms with Gasteiger partial charge in [-0.15, -0.1) is 0 Å². The summed E-state index contributed by atoms with van der Waals surface area (Å²) in [6.07, 6.45) is -3.16. The Hall–Kier alpha value is -5.76. The van der Waals surface area contributed by atoms with Crippen molar-refractivity contribution in [1.82, 2.24) is 26.6 Å². The summed E-state index contributed by atoms with van der Waals surface area (Å²) in [7, 11) is 0. The van der Waals surface area contributed by atoms with E-state index in [4.69, 9.17) is 9.47 Å². The van der Waals surface area contributed by atoms with E-state index in [-0.39, 0.29) is 51.0 Å². The molecule has 0 bridgehead atoms. The minimum atomic E-state index is -1.12. The van der Waals surface area contributed by atoms with Gasteiger partial charge in [0.05, 0.1) is 24.3 Å². The molecule has 0 aliphatic carbocycles. The van der Waals surface area contributed by atoms with Crippen molar-refractivity contribution >= 4 is 24.0 Å². The van der Waals surface area contributed by atoms with Crippen molar-refractivity contribution in [2.24, 2.45) is 11.8 Å². The molecule has 4 aromatic carbocycles. The van der Waals surface area contributed by atoms with Gasteiger partial charge in [0.15, 0.2) is 0 Å². The lowest BCUT2D eigenvalue weighted by molar-refractivity contribution is -0.126. The molecule has 0 fully saturated rings. The van der Waals surface area contributed by atoms with Gasteiger partial charge >= 0.3 is 12.2 Å². The minimum absolute atomic E-state index is 0.0246. The fraction of sp³-hybridized carbons (Fsp3) is 0.391. The van der Waals surface area contributed by atoms with Crippen LogP contribution in [0, 0.1) is 11.8 Å². The van der Waals surface area contributed by atoms with E-state index in [1.807, 2.05) is 121 Å². The molecule has 0 aliphatic heterocycles. The van der Waals surface area contributed by atoms with Crippen molar-refractivity contribution in [3.05, 3.63) is 144 Å². The highest BCUT2D eigenvalue weighted by molar-refractivity contribution is 5.86. The first-order valence-electron chi connectivity index (χ1n) is 20.1. The van der Waals surface area contributed by atoms with Crippen LogP contribution in [0.1, 0.15) is 49.9 Å². The van der Waals surface area contributed by atoms with E-state index in [1.54, 1.807) is 27.7 Å². The van der Waals surface area contributed by atoms with E-state index in [9.17, 15) is 29.4 Å². The van der Waals surface area contributed by atoms with Gasteiger partial charge in [0.2, 0.25) is 11.8 Å². The molecule has 0 saturated heterocycles. The Kier molecular flexibility index (Phi) is 18.9. The molecule has 0 heterocycles. The largest absolute Gasteiger partial charge is 0.445 e. The standard InChI is InChI=1S/C46H59N5O8/c1-31(2)41(50-45(56)58-29-35-21-13-7-14-22-35)43(54)48-37(25-33-17-9-5-10-18-33)39(52)27-47-28-40(53)38(26-34-19-11-6-12-20-34)49-44(55)42(32(3)4)51-46(57)59-30-36-23-15-8-16-24-36/h5-24,31-32,37-42,47,52-53H,25-30H2,1-4H3,(H,48,54)(H,49,55)(H,50,56)(H,51,57)/t37-,38-,39-,40+,41-,42-/m0/s1. The SMILES string of the molecule is CC(C)[C@H](NC(=O)OCc1ccccc1)C(=O)N[C@@H](Cc1ccccc1)[C@H](O)CNC[C@H](O)[C@H](Cc1ccccc1)NC(=O)[C@@H](NC(=O)OCc1ccccc1)C(C)C. The van der Waals surface area contributed by atoms with Gasteiger partial charge in [0.25, 0.3) is 0 Å². The van der Waals surface area contributed by atoms with Gasteiger partial charge in [-0.2, -0.15) is 0 Å². The van der Waals surface area contributed by atoms with Gasteiger partial charge < -0.3 is 46.3 Å². The number of aliphatic hydroxyl groups is 2. The number of rotatable bonds is 22. The highest BCUT2D eigenvalue weighted by Gasteiger charge is 2.32. The molecular formula is C46H59N5O8. The number of carbonyl (C=O) groups excluding carboxylic acids is 4. The van der Waals surface area contributed by atoms with Crippen LogP contribution >= 0.6 is 0 Å². The lowest BCUT2D eigenvalue weighted by Gasteiger charge is -2.30. The topological polar surface area (TPSA) is 187 Å². The lowest BCUT2D eigenvalue weighted by Crippen LogP contribution is -2.57. The third-order valence-corrected chi connectivity index (χ3v) is 9.76. The molecule has 59 heavy (non-hydrogen) atoms. The molecule has 316 valence electrons. The molecule has 4 aromatic rings. The number of carbonyl (C=O) groups is 4. The number of alkyl carbamates (subject to hydrolysis) is 2. The Bertz CT molecular complexity index is 1720. The molecule has 6 atom stereocenters. The number of hydrogen-bond acceptors (Lipinski definition) is 9. The quantitative estimate of drug-likeness (QED) is 0.0593. The minimum Gasteiger partial charge on any atom is -0.445 e. The van der Waals surface area contributed by atoms with E-state index < -0.39 is 60.4 Å². The number of amides is 4. The maximum Gasteiger partial charge on any atom is 0.408 e. The highest BCUT2D eigenvalue weighted by Crippen LogP contribution is 2.12. The summed E-state index contributed by atoms with van der Waals surface area (Å²) in [5.74, 6) is -1.58.